The average molecular weight is 354 g/mol. The number of hydrogen-bond acceptors (Lipinski definition) is 6. The van der Waals surface area contributed by atoms with E-state index in [1.54, 1.807) is 31.5 Å². The van der Waals surface area contributed by atoms with Crippen molar-refractivity contribution in [3.63, 3.8) is 0 Å². The van der Waals surface area contributed by atoms with Crippen LogP contribution in [0.25, 0.3) is 0 Å². The molecule has 0 spiro atoms. The van der Waals surface area contributed by atoms with Crippen molar-refractivity contribution < 1.29 is 4.79 Å². The van der Waals surface area contributed by atoms with Gasteiger partial charge in [-0.05, 0) is 38.0 Å². The number of carbonyl (C=O) groups excluding carboxylic acids is 1. The van der Waals surface area contributed by atoms with Gasteiger partial charge in [0.1, 0.15) is 18.0 Å². The van der Waals surface area contributed by atoms with Crippen molar-refractivity contribution in [3.8, 4) is 0 Å². The van der Waals surface area contributed by atoms with E-state index in [0.717, 1.165) is 43.0 Å². The second-order valence-corrected chi connectivity index (χ2v) is 7.04. The average Bonchev–Trinajstić information content (AvgIpc) is 2.83. The van der Waals surface area contributed by atoms with Gasteiger partial charge in [0.25, 0.3) is 5.91 Å². The molecule has 1 aliphatic rings. The highest BCUT2D eigenvalue weighted by atomic mass is 16.2. The predicted molar refractivity (Wildman–Crippen MR) is 103 cm³/mol. The number of anilines is 2. The molecule has 2 aromatic heterocycles. The van der Waals surface area contributed by atoms with Gasteiger partial charge in [-0.2, -0.15) is 0 Å². The van der Waals surface area contributed by atoms with Crippen LogP contribution in [0.4, 0.5) is 11.6 Å². The summed E-state index contributed by atoms with van der Waals surface area (Å²) in [6, 6.07) is 4.15. The molecule has 1 aliphatic heterocycles. The second-order valence-electron chi connectivity index (χ2n) is 7.04. The van der Waals surface area contributed by atoms with Gasteiger partial charge in [0, 0.05) is 51.5 Å². The molecule has 0 aromatic carbocycles. The third kappa shape index (κ3) is 3.92. The summed E-state index contributed by atoms with van der Waals surface area (Å²) in [5.74, 6) is 1.58. The van der Waals surface area contributed by atoms with Crippen molar-refractivity contribution >= 4 is 17.5 Å². The highest BCUT2D eigenvalue weighted by molar-refractivity contribution is 5.98. The Bertz CT molecular complexity index is 775. The lowest BCUT2D eigenvalue weighted by atomic mass is 10.0. The van der Waals surface area contributed by atoms with Crippen LogP contribution in [0.5, 0.6) is 0 Å². The molecule has 7 heteroatoms. The van der Waals surface area contributed by atoms with Crippen LogP contribution in [0.1, 0.15) is 35.5 Å². The van der Waals surface area contributed by atoms with E-state index in [-0.39, 0.29) is 11.9 Å². The fourth-order valence-corrected chi connectivity index (χ4v) is 3.12. The molecule has 0 saturated carbocycles. The summed E-state index contributed by atoms with van der Waals surface area (Å²) in [4.78, 5) is 29.6. The molecule has 0 unspecified atom stereocenters. The van der Waals surface area contributed by atoms with Crippen molar-refractivity contribution in [2.45, 2.75) is 32.7 Å². The molecule has 1 amide bonds. The Morgan fingerprint density at radius 3 is 2.69 bits per heavy atom. The lowest BCUT2D eigenvalue weighted by Gasteiger charge is -2.20. The maximum Gasteiger partial charge on any atom is 0.257 e. The van der Waals surface area contributed by atoms with Gasteiger partial charge in [0.2, 0.25) is 0 Å². The summed E-state index contributed by atoms with van der Waals surface area (Å²) in [7, 11) is 3.54. The van der Waals surface area contributed by atoms with Crippen LogP contribution in [0.15, 0.2) is 24.7 Å². The van der Waals surface area contributed by atoms with Crippen LogP contribution < -0.4 is 10.2 Å². The Labute approximate surface area is 154 Å². The van der Waals surface area contributed by atoms with E-state index in [4.69, 9.17) is 4.98 Å². The highest BCUT2D eigenvalue weighted by Gasteiger charge is 2.22. The number of aromatic nitrogens is 3. The molecule has 0 saturated heterocycles. The Hall–Kier alpha value is -2.70. The maximum absolute atomic E-state index is 12.6. The summed E-state index contributed by atoms with van der Waals surface area (Å²) >= 11 is 0. The van der Waals surface area contributed by atoms with Gasteiger partial charge >= 0.3 is 0 Å². The summed E-state index contributed by atoms with van der Waals surface area (Å²) < 4.78 is 0. The Kier molecular flexibility index (Phi) is 5.35. The molecule has 0 bridgehead atoms. The SMILES string of the molecule is CC(C)Nc1nc2c(cc1C(=O)N(C)C)CCN(c1ccncn1)CC2. The Morgan fingerprint density at radius 2 is 2.04 bits per heavy atom. The van der Waals surface area contributed by atoms with Gasteiger partial charge in [0.05, 0.1) is 5.56 Å². The third-order valence-corrected chi connectivity index (χ3v) is 4.41. The Morgan fingerprint density at radius 1 is 1.27 bits per heavy atom. The standard InChI is InChI=1S/C19H26N6O/c1-13(2)22-18-15(19(26)24(3)4)11-14-6-9-25(10-7-16(14)23-18)17-5-8-20-12-21-17/h5,8,11-13H,6-7,9-10H2,1-4H3,(H,22,23). The topological polar surface area (TPSA) is 74.2 Å². The van der Waals surface area contributed by atoms with Crippen molar-refractivity contribution in [3.05, 3.63) is 41.5 Å². The van der Waals surface area contributed by atoms with Crippen molar-refractivity contribution in [2.24, 2.45) is 0 Å². The monoisotopic (exact) mass is 354 g/mol. The fraction of sp³-hybridized carbons (Fsp3) is 0.474. The number of fused-ring (bicyclic) bond motifs is 1. The summed E-state index contributed by atoms with van der Waals surface area (Å²) in [5, 5.41) is 3.33. The van der Waals surface area contributed by atoms with E-state index in [1.807, 2.05) is 26.0 Å². The molecule has 0 fully saturated rings. The molecule has 2 aromatic rings. The first-order chi connectivity index (χ1) is 12.5. The normalized spacial score (nSPS) is 14.0. The third-order valence-electron chi connectivity index (χ3n) is 4.41. The first kappa shape index (κ1) is 18.1. The van der Waals surface area contributed by atoms with Crippen molar-refractivity contribution in [1.29, 1.82) is 0 Å². The van der Waals surface area contributed by atoms with Gasteiger partial charge in [-0.25, -0.2) is 15.0 Å². The molecule has 0 radical (unpaired) electrons. The molecular formula is C19H26N6O. The van der Waals surface area contributed by atoms with Crippen LogP contribution in [-0.4, -0.2) is 59.0 Å². The molecule has 0 aliphatic carbocycles. The number of hydrogen-bond donors (Lipinski definition) is 1. The molecular weight excluding hydrogens is 328 g/mol. The fourth-order valence-electron chi connectivity index (χ4n) is 3.12. The first-order valence-electron chi connectivity index (χ1n) is 8.97. The second kappa shape index (κ2) is 7.68. The van der Waals surface area contributed by atoms with E-state index in [9.17, 15) is 4.79 Å². The molecule has 3 rings (SSSR count). The maximum atomic E-state index is 12.6. The quantitative estimate of drug-likeness (QED) is 0.905. The molecule has 26 heavy (non-hydrogen) atoms. The summed E-state index contributed by atoms with van der Waals surface area (Å²) in [5.41, 5.74) is 2.83. The van der Waals surface area contributed by atoms with Crippen LogP contribution >= 0.6 is 0 Å². The zero-order chi connectivity index (χ0) is 18.7. The van der Waals surface area contributed by atoms with Crippen LogP contribution in [0.2, 0.25) is 0 Å². The van der Waals surface area contributed by atoms with Gasteiger partial charge in [-0.3, -0.25) is 4.79 Å². The van der Waals surface area contributed by atoms with Gasteiger partial charge in [-0.1, -0.05) is 0 Å². The number of amides is 1. The zero-order valence-corrected chi connectivity index (χ0v) is 15.9. The molecule has 138 valence electrons. The molecule has 7 nitrogen and oxygen atoms in total. The lowest BCUT2D eigenvalue weighted by Crippen LogP contribution is -2.26. The van der Waals surface area contributed by atoms with E-state index >= 15 is 0 Å². The van der Waals surface area contributed by atoms with Gasteiger partial charge < -0.3 is 15.1 Å². The number of nitrogens with zero attached hydrogens (tertiary/aromatic N) is 5. The smallest absolute Gasteiger partial charge is 0.257 e. The van der Waals surface area contributed by atoms with Crippen LogP contribution in [0, 0.1) is 0 Å². The van der Waals surface area contributed by atoms with Crippen molar-refractivity contribution in [2.75, 3.05) is 37.4 Å². The van der Waals surface area contributed by atoms with Gasteiger partial charge in [-0.15, -0.1) is 0 Å². The minimum atomic E-state index is -0.0275. The van der Waals surface area contributed by atoms with E-state index in [0.29, 0.717) is 11.4 Å². The number of rotatable bonds is 4. The number of pyridine rings is 1. The summed E-state index contributed by atoms with van der Waals surface area (Å²) in [6.45, 7) is 5.79. The van der Waals surface area contributed by atoms with Crippen LogP contribution in [0.3, 0.4) is 0 Å². The summed E-state index contributed by atoms with van der Waals surface area (Å²) in [6.07, 6.45) is 4.99. The first-order valence-corrected chi connectivity index (χ1v) is 8.97. The molecule has 0 atom stereocenters. The van der Waals surface area contributed by atoms with E-state index < -0.39 is 0 Å². The number of nitrogens with one attached hydrogen (secondary N) is 1. The Balaban J connectivity index is 1.92. The number of carbonyl (C=O) groups is 1. The largest absolute Gasteiger partial charge is 0.367 e. The molecule has 3 heterocycles. The minimum absolute atomic E-state index is 0.0275. The zero-order valence-electron chi connectivity index (χ0n) is 15.9. The molecule has 1 N–H and O–H groups in total. The van der Waals surface area contributed by atoms with Crippen LogP contribution in [-0.2, 0) is 12.8 Å². The highest BCUT2D eigenvalue weighted by Crippen LogP contribution is 2.24. The van der Waals surface area contributed by atoms with E-state index in [1.165, 1.54) is 0 Å². The van der Waals surface area contributed by atoms with E-state index in [2.05, 4.69) is 20.2 Å². The minimum Gasteiger partial charge on any atom is -0.367 e. The lowest BCUT2D eigenvalue weighted by molar-refractivity contribution is 0.0828. The predicted octanol–water partition coefficient (Wildman–Crippen LogP) is 2.00. The van der Waals surface area contributed by atoms with Crippen molar-refractivity contribution in [1.82, 2.24) is 19.9 Å². The van der Waals surface area contributed by atoms with Gasteiger partial charge in [0.15, 0.2) is 0 Å².